The number of carbonyl (C=O) groups is 2. The maximum atomic E-state index is 15.0. The van der Waals surface area contributed by atoms with Gasteiger partial charge in [-0.15, -0.1) is 0 Å². The number of hydrogen-bond acceptors (Lipinski definition) is 5. The van der Waals surface area contributed by atoms with Crippen LogP contribution in [0.4, 0.5) is 0 Å². The van der Waals surface area contributed by atoms with E-state index in [-0.39, 0.29) is 17.2 Å². The maximum absolute atomic E-state index is 15.0. The zero-order chi connectivity index (χ0) is 26.5. The van der Waals surface area contributed by atoms with Crippen LogP contribution in [0.25, 0.3) is 0 Å². The molecule has 39 heavy (non-hydrogen) atoms. The highest BCUT2D eigenvalue weighted by molar-refractivity contribution is 6.06. The molecule has 1 aromatic carbocycles. The van der Waals surface area contributed by atoms with Crippen molar-refractivity contribution in [2.45, 2.75) is 62.4 Å². The Morgan fingerprint density at radius 3 is 1.85 bits per heavy atom. The molecule has 0 atom stereocenters. The molecule has 4 bridgehead atoms. The summed E-state index contributed by atoms with van der Waals surface area (Å²) in [6.07, 6.45) is 16.8. The Morgan fingerprint density at radius 1 is 0.821 bits per heavy atom. The molecule has 3 heterocycles. The van der Waals surface area contributed by atoms with Gasteiger partial charge in [0.05, 0.1) is 5.54 Å². The SMILES string of the molecule is O=C(/C=C1\NC(Cc2ccncc2)(Cc2ccncc2)C(=O)N1C12CC3CC(CC(C3)C1)C2)c1ccccc1. The number of rotatable bonds is 7. The monoisotopic (exact) mass is 518 g/mol. The fourth-order valence-electron chi connectivity index (χ4n) is 8.40. The van der Waals surface area contributed by atoms with Crippen molar-refractivity contribution in [2.24, 2.45) is 17.8 Å². The van der Waals surface area contributed by atoms with Crippen LogP contribution >= 0.6 is 0 Å². The van der Waals surface area contributed by atoms with E-state index in [1.165, 1.54) is 19.3 Å². The minimum atomic E-state index is -0.908. The van der Waals surface area contributed by atoms with Crippen molar-refractivity contribution in [2.75, 3.05) is 0 Å². The molecule has 8 rings (SSSR count). The van der Waals surface area contributed by atoms with Gasteiger partial charge in [-0.3, -0.25) is 24.5 Å². The van der Waals surface area contributed by atoms with Gasteiger partial charge in [-0.25, -0.2) is 0 Å². The van der Waals surface area contributed by atoms with Crippen LogP contribution in [-0.4, -0.2) is 37.6 Å². The lowest BCUT2D eigenvalue weighted by Gasteiger charge is -2.59. The van der Waals surface area contributed by atoms with Crippen LogP contribution in [0, 0.1) is 17.8 Å². The molecule has 6 heteroatoms. The first-order valence-electron chi connectivity index (χ1n) is 14.2. The van der Waals surface area contributed by atoms with Crippen molar-refractivity contribution in [1.29, 1.82) is 0 Å². The third-order valence-corrected chi connectivity index (χ3v) is 9.54. The Labute approximate surface area is 229 Å². The summed E-state index contributed by atoms with van der Waals surface area (Å²) in [6.45, 7) is 0. The van der Waals surface area contributed by atoms with Gasteiger partial charge in [-0.2, -0.15) is 0 Å². The zero-order valence-corrected chi connectivity index (χ0v) is 22.1. The predicted molar refractivity (Wildman–Crippen MR) is 148 cm³/mol. The van der Waals surface area contributed by atoms with Gasteiger partial charge in [0.2, 0.25) is 0 Å². The summed E-state index contributed by atoms with van der Waals surface area (Å²) < 4.78 is 0. The van der Waals surface area contributed by atoms with Crippen molar-refractivity contribution in [3.8, 4) is 0 Å². The normalized spacial score (nSPS) is 29.5. The van der Waals surface area contributed by atoms with Crippen LogP contribution in [0.5, 0.6) is 0 Å². The molecule has 198 valence electrons. The molecule has 5 aliphatic rings. The van der Waals surface area contributed by atoms with Crippen LogP contribution < -0.4 is 5.32 Å². The zero-order valence-electron chi connectivity index (χ0n) is 22.1. The lowest BCUT2D eigenvalue weighted by Crippen LogP contribution is -2.61. The van der Waals surface area contributed by atoms with Gasteiger partial charge in [0, 0.05) is 49.3 Å². The molecule has 0 spiro atoms. The van der Waals surface area contributed by atoms with Crippen LogP contribution in [0.15, 0.2) is 91.3 Å². The second-order valence-corrected chi connectivity index (χ2v) is 12.3. The number of amides is 1. The molecular weight excluding hydrogens is 484 g/mol. The fourth-order valence-corrected chi connectivity index (χ4v) is 8.40. The number of nitrogens with zero attached hydrogens (tertiary/aromatic N) is 3. The molecule has 6 nitrogen and oxygen atoms in total. The van der Waals surface area contributed by atoms with E-state index in [0.717, 1.165) is 30.4 Å². The molecule has 5 fully saturated rings. The topological polar surface area (TPSA) is 75.2 Å². The van der Waals surface area contributed by atoms with Crippen LogP contribution in [0.2, 0.25) is 0 Å². The molecule has 1 amide bonds. The molecular formula is C33H34N4O2. The van der Waals surface area contributed by atoms with Gasteiger partial charge in [0.1, 0.15) is 11.4 Å². The van der Waals surface area contributed by atoms with Crippen LogP contribution in [0.1, 0.15) is 60.0 Å². The Hall–Kier alpha value is -3.80. The minimum Gasteiger partial charge on any atom is -0.357 e. The summed E-state index contributed by atoms with van der Waals surface area (Å²) in [6, 6.07) is 17.3. The lowest BCUT2D eigenvalue weighted by molar-refractivity contribution is -0.146. The van der Waals surface area contributed by atoms with Crippen molar-refractivity contribution in [3.63, 3.8) is 0 Å². The number of aromatic nitrogens is 2. The summed E-state index contributed by atoms with van der Waals surface area (Å²) in [7, 11) is 0. The quantitative estimate of drug-likeness (QED) is 0.347. The number of benzene rings is 1. The van der Waals surface area contributed by atoms with Crippen molar-refractivity contribution >= 4 is 11.7 Å². The van der Waals surface area contributed by atoms with Gasteiger partial charge < -0.3 is 5.32 Å². The highest BCUT2D eigenvalue weighted by Gasteiger charge is 2.61. The molecule has 3 aromatic rings. The van der Waals surface area contributed by atoms with E-state index in [2.05, 4.69) is 20.2 Å². The molecule has 2 aromatic heterocycles. The number of carbonyl (C=O) groups excluding carboxylic acids is 2. The second kappa shape index (κ2) is 9.44. The first kappa shape index (κ1) is 24.3. The summed E-state index contributed by atoms with van der Waals surface area (Å²) in [4.78, 5) is 39.0. The van der Waals surface area contributed by atoms with E-state index in [4.69, 9.17) is 0 Å². The van der Waals surface area contributed by atoms with E-state index >= 15 is 0 Å². The Morgan fingerprint density at radius 2 is 1.33 bits per heavy atom. The summed E-state index contributed by atoms with van der Waals surface area (Å²) in [5.41, 5.74) is 1.59. The van der Waals surface area contributed by atoms with Gasteiger partial charge >= 0.3 is 0 Å². The third-order valence-electron chi connectivity index (χ3n) is 9.54. The average molecular weight is 519 g/mol. The van der Waals surface area contributed by atoms with Gasteiger partial charge in [0.15, 0.2) is 5.78 Å². The van der Waals surface area contributed by atoms with E-state index in [1.54, 1.807) is 30.9 Å². The minimum absolute atomic E-state index is 0.0794. The first-order chi connectivity index (χ1) is 19.0. The average Bonchev–Trinajstić information content (AvgIpc) is 3.20. The molecule has 1 N–H and O–H groups in total. The standard InChI is InChI=1S/C33H34N4O2/c38-29(28-4-2-1-3-5-28)17-30-36-33(21-23-6-10-34-11-7-23,22-24-8-12-35-13-9-24)31(39)37(30)32-18-25-14-26(19-32)16-27(15-25)20-32/h1-13,17,25-27,36H,14-16,18-22H2/b30-17+. The molecule has 4 aliphatic carbocycles. The van der Waals surface area contributed by atoms with E-state index in [0.29, 0.717) is 42.0 Å². The van der Waals surface area contributed by atoms with Gasteiger partial charge in [-0.1, -0.05) is 30.3 Å². The predicted octanol–water partition coefficient (Wildman–Crippen LogP) is 5.13. The van der Waals surface area contributed by atoms with Crippen molar-refractivity contribution in [3.05, 3.63) is 108 Å². The number of pyridine rings is 2. The molecule has 4 saturated carbocycles. The largest absolute Gasteiger partial charge is 0.357 e. The van der Waals surface area contributed by atoms with Crippen molar-refractivity contribution in [1.82, 2.24) is 20.2 Å². The lowest BCUT2D eigenvalue weighted by atomic mass is 9.52. The first-order valence-corrected chi connectivity index (χ1v) is 14.2. The van der Waals surface area contributed by atoms with E-state index in [9.17, 15) is 9.59 Å². The Balaban J connectivity index is 1.34. The number of ketones is 1. The maximum Gasteiger partial charge on any atom is 0.255 e. The van der Waals surface area contributed by atoms with E-state index < -0.39 is 5.54 Å². The molecule has 0 radical (unpaired) electrons. The van der Waals surface area contributed by atoms with Gasteiger partial charge in [-0.05, 0) is 91.7 Å². The van der Waals surface area contributed by atoms with Crippen LogP contribution in [-0.2, 0) is 17.6 Å². The smallest absolute Gasteiger partial charge is 0.255 e. The summed E-state index contributed by atoms with van der Waals surface area (Å²) in [5.74, 6) is 2.69. The Bertz CT molecular complexity index is 1330. The molecule has 1 aliphatic heterocycles. The number of allylic oxidation sites excluding steroid dienone is 1. The number of hydrogen-bond donors (Lipinski definition) is 1. The number of nitrogens with one attached hydrogen (secondary N) is 1. The van der Waals surface area contributed by atoms with E-state index in [1.807, 2.05) is 54.6 Å². The van der Waals surface area contributed by atoms with Crippen molar-refractivity contribution < 1.29 is 9.59 Å². The van der Waals surface area contributed by atoms with Crippen LogP contribution in [0.3, 0.4) is 0 Å². The molecule has 0 unspecified atom stereocenters. The third kappa shape index (κ3) is 4.36. The molecule has 1 saturated heterocycles. The second-order valence-electron chi connectivity index (χ2n) is 12.3. The van der Waals surface area contributed by atoms with Gasteiger partial charge in [0.25, 0.3) is 5.91 Å². The summed E-state index contributed by atoms with van der Waals surface area (Å²) in [5, 5.41) is 3.70. The summed E-state index contributed by atoms with van der Waals surface area (Å²) >= 11 is 0. The Kier molecular flexibility index (Phi) is 5.87. The highest BCUT2D eigenvalue weighted by atomic mass is 16.2. The fraction of sp³-hybridized carbons (Fsp3) is 0.394. The highest BCUT2D eigenvalue weighted by Crippen LogP contribution is 2.59.